The molecule has 22 heteroatoms. The quantitative estimate of drug-likeness (QED) is 0.153. The first kappa shape index (κ1) is 68.0. The van der Waals surface area contributed by atoms with Gasteiger partial charge in [0.1, 0.15) is 29.8 Å². The number of aliphatic hydroxyl groups excluding tert-OH is 9. The number of rotatable bonds is 8. The van der Waals surface area contributed by atoms with E-state index < -0.39 is 170 Å². The van der Waals surface area contributed by atoms with E-state index in [1.165, 1.54) is 19.1 Å². The predicted molar refractivity (Wildman–Crippen MR) is 284 cm³/mol. The number of hydrogen-bond donors (Lipinski definition) is 13. The molecule has 0 radical (unpaired) electrons. The summed E-state index contributed by atoms with van der Waals surface area (Å²) in [6, 6.07) is -2.68. The van der Waals surface area contributed by atoms with Crippen molar-refractivity contribution in [2.45, 2.75) is 235 Å². The first-order chi connectivity index (χ1) is 36.5. The molecule has 3 aliphatic heterocycles. The fraction of sp³-hybridized carbons (Fsp3) is 0.714. The Kier molecular flexibility index (Phi) is 28.7. The number of allylic oxidation sites excluding steroid dienone is 10. The summed E-state index contributed by atoms with van der Waals surface area (Å²) in [6.07, 6.45) is -0.549. The highest BCUT2D eigenvalue weighted by Crippen LogP contribution is 2.38. The summed E-state index contributed by atoms with van der Waals surface area (Å²) in [5.74, 6) is -8.53. The van der Waals surface area contributed by atoms with Crippen molar-refractivity contribution in [3.8, 4) is 0 Å². The minimum Gasteiger partial charge on any atom is -0.481 e. The number of carboxylic acids is 1. The number of nitrogens with two attached hydrogens (primary N) is 1. The summed E-state index contributed by atoms with van der Waals surface area (Å²) < 4.78 is 28.9. The molecule has 3 heterocycles. The Morgan fingerprint density at radius 1 is 0.744 bits per heavy atom. The third-order valence-corrected chi connectivity index (χ3v) is 13.9. The van der Waals surface area contributed by atoms with E-state index in [9.17, 15) is 75.3 Å². The highest BCUT2D eigenvalue weighted by molar-refractivity contribution is 5.82. The average Bonchev–Trinajstić information content (AvgIpc) is 3.34. The molecule has 3 rings (SSSR count). The SMILES string of the molecule is C[C@@H]1[C@H](O)[C@@H](C)/C=C/C=C/CC/C=C/C=C/C=C/C=C/[C@H](O[C@@H]2O[C@H](C)[C@@H](O)[C@H](NC(=O)[C@@H](N)CCC(=O)OC(C)(C)C)[C@@H]2O)C[C@@H]2O[C@](O)(C[C@@H](O)[C@H](O)CC[C@@H](O)C[C@@H](O)C[C@@H](O)CC(=O)O[C@H]1C)C[C@H](O)[C@H]2C(=O)O. The number of carboxylic acid groups (broad SMARTS) is 1. The summed E-state index contributed by atoms with van der Waals surface area (Å²) in [4.78, 5) is 51.0. The Balaban J connectivity index is 1.90. The van der Waals surface area contributed by atoms with Crippen LogP contribution in [-0.2, 0) is 42.9 Å². The Bertz CT molecular complexity index is 2040. The van der Waals surface area contributed by atoms with Crippen molar-refractivity contribution in [1.82, 2.24) is 5.32 Å². The van der Waals surface area contributed by atoms with Gasteiger partial charge in [0.05, 0.1) is 79.5 Å². The summed E-state index contributed by atoms with van der Waals surface area (Å²) in [5, 5.41) is 123. The number of cyclic esters (lactones) is 1. The first-order valence-corrected chi connectivity index (χ1v) is 27.0. The van der Waals surface area contributed by atoms with E-state index in [2.05, 4.69) is 5.32 Å². The molecule has 0 unspecified atom stereocenters. The lowest BCUT2D eigenvalue weighted by atomic mass is 9.82. The molecule has 14 N–H and O–H groups in total. The van der Waals surface area contributed by atoms with Gasteiger partial charge in [-0.2, -0.15) is 0 Å². The van der Waals surface area contributed by atoms with E-state index in [-0.39, 0.29) is 44.4 Å². The van der Waals surface area contributed by atoms with Gasteiger partial charge in [-0.15, -0.1) is 0 Å². The molecular formula is C56H90N2O20. The fourth-order valence-electron chi connectivity index (χ4n) is 9.32. The minimum absolute atomic E-state index is 0.122. The van der Waals surface area contributed by atoms with Crippen molar-refractivity contribution in [2.24, 2.45) is 23.5 Å². The van der Waals surface area contributed by atoms with Crippen LogP contribution in [0.1, 0.15) is 126 Å². The van der Waals surface area contributed by atoms with Crippen LogP contribution in [0.25, 0.3) is 0 Å². The van der Waals surface area contributed by atoms with Crippen molar-refractivity contribution >= 4 is 23.8 Å². The number of fused-ring (bicyclic) bond motifs is 2. The molecule has 22 nitrogen and oxygen atoms in total. The normalized spacial score (nSPS) is 40.2. The number of carbonyl (C=O) groups is 4. The van der Waals surface area contributed by atoms with E-state index in [1.807, 2.05) is 43.4 Å². The van der Waals surface area contributed by atoms with Crippen LogP contribution < -0.4 is 11.1 Å². The monoisotopic (exact) mass is 1110 g/mol. The Labute approximate surface area is 457 Å². The molecule has 0 aromatic heterocycles. The van der Waals surface area contributed by atoms with Gasteiger partial charge in [-0.3, -0.25) is 19.2 Å². The van der Waals surface area contributed by atoms with Crippen molar-refractivity contribution in [3.05, 3.63) is 72.9 Å². The highest BCUT2D eigenvalue weighted by Gasteiger charge is 2.51. The van der Waals surface area contributed by atoms with E-state index in [1.54, 1.807) is 58.9 Å². The lowest BCUT2D eigenvalue weighted by Gasteiger charge is -2.45. The molecular weight excluding hydrogens is 1020 g/mol. The lowest BCUT2D eigenvalue weighted by molar-refractivity contribution is -0.310. The molecule has 3 aliphatic rings. The average molecular weight is 1110 g/mol. The van der Waals surface area contributed by atoms with Crippen LogP contribution in [0.4, 0.5) is 0 Å². The van der Waals surface area contributed by atoms with Crippen LogP contribution in [0.15, 0.2) is 72.9 Å². The summed E-state index contributed by atoms with van der Waals surface area (Å²) in [7, 11) is 0. The number of nitrogens with one attached hydrogen (secondary N) is 1. The maximum absolute atomic E-state index is 13.3. The maximum atomic E-state index is 13.3. The maximum Gasteiger partial charge on any atom is 0.311 e. The van der Waals surface area contributed by atoms with Crippen LogP contribution in [0.3, 0.4) is 0 Å². The number of aliphatic carboxylic acids is 1. The second-order valence-electron chi connectivity index (χ2n) is 22.0. The fourth-order valence-corrected chi connectivity index (χ4v) is 9.32. The largest absolute Gasteiger partial charge is 0.481 e. The molecule has 2 fully saturated rings. The van der Waals surface area contributed by atoms with Crippen molar-refractivity contribution in [2.75, 3.05) is 0 Å². The zero-order valence-electron chi connectivity index (χ0n) is 46.1. The van der Waals surface area contributed by atoms with Gasteiger partial charge in [-0.05, 0) is 79.6 Å². The summed E-state index contributed by atoms with van der Waals surface area (Å²) in [5.41, 5.74) is 5.32. The van der Waals surface area contributed by atoms with Gasteiger partial charge in [-0.25, -0.2) is 0 Å². The van der Waals surface area contributed by atoms with E-state index in [4.69, 9.17) is 29.4 Å². The van der Waals surface area contributed by atoms with Gasteiger partial charge in [0.2, 0.25) is 5.91 Å². The Morgan fingerprint density at radius 3 is 1.97 bits per heavy atom. The number of aliphatic hydroxyl groups is 10. The van der Waals surface area contributed by atoms with Crippen molar-refractivity contribution in [3.63, 3.8) is 0 Å². The van der Waals surface area contributed by atoms with Gasteiger partial charge in [-0.1, -0.05) is 86.8 Å². The molecule has 0 aromatic carbocycles. The smallest absolute Gasteiger partial charge is 0.311 e. The topological polar surface area (TPSA) is 375 Å². The molecule has 2 saturated heterocycles. The van der Waals surface area contributed by atoms with Gasteiger partial charge < -0.3 is 90.9 Å². The van der Waals surface area contributed by atoms with E-state index in [0.717, 1.165) is 6.42 Å². The number of hydrogen-bond acceptors (Lipinski definition) is 20. The highest BCUT2D eigenvalue weighted by atomic mass is 16.7. The third-order valence-electron chi connectivity index (χ3n) is 13.9. The Hall–Kier alpha value is -4.24. The second-order valence-corrected chi connectivity index (χ2v) is 22.0. The number of amides is 1. The number of esters is 2. The van der Waals surface area contributed by atoms with Crippen molar-refractivity contribution < 1.29 is 99.0 Å². The van der Waals surface area contributed by atoms with E-state index >= 15 is 0 Å². The van der Waals surface area contributed by atoms with Gasteiger partial charge in [0.25, 0.3) is 0 Å². The van der Waals surface area contributed by atoms with Crippen LogP contribution >= 0.6 is 0 Å². The number of carbonyl (C=O) groups excluding carboxylic acids is 3. The van der Waals surface area contributed by atoms with Gasteiger partial charge in [0.15, 0.2) is 12.1 Å². The molecule has 0 saturated carbocycles. The molecule has 78 heavy (non-hydrogen) atoms. The first-order valence-electron chi connectivity index (χ1n) is 27.0. The van der Waals surface area contributed by atoms with Gasteiger partial charge >= 0.3 is 17.9 Å². The molecule has 2 bridgehead atoms. The molecule has 444 valence electrons. The zero-order valence-corrected chi connectivity index (χ0v) is 46.1. The lowest BCUT2D eigenvalue weighted by Crippen LogP contribution is -2.65. The third kappa shape index (κ3) is 23.8. The van der Waals surface area contributed by atoms with Gasteiger partial charge in [0, 0.05) is 37.5 Å². The van der Waals surface area contributed by atoms with Crippen LogP contribution in [0.5, 0.6) is 0 Å². The minimum atomic E-state index is -2.44. The second kappa shape index (κ2) is 32.9. The van der Waals surface area contributed by atoms with Crippen molar-refractivity contribution in [1.29, 1.82) is 0 Å². The molecule has 20 atom stereocenters. The molecule has 0 aliphatic carbocycles. The zero-order chi connectivity index (χ0) is 58.5. The molecule has 1 amide bonds. The summed E-state index contributed by atoms with van der Waals surface area (Å²) >= 11 is 0. The standard InChI is InChI=1S/C56H90N2O20/c1-32-20-18-16-14-12-10-8-9-11-13-15-17-19-21-39(76-54-51(69)48(50(68)35(4)75-54)58-52(70)40(57)23-25-45(65)78-55(5,6)7)29-44-47(53(71)72)43(64)31-56(73,77-44)30-42(63)41(62)24-22-36(59)26-37(60)27-38(61)28-46(66)74-34(3)33(2)49(32)67/h8-9,11,13-21,32-44,47-51,54,59-64,67-69,73H,10,12,22-31,57H2,1-7H3,(H,58,70)(H,71,72)/b9-8+,13-11+,16-14+,17-15+,20-18+,21-19+/t32-,33-,34-,35+,36+,37+,38+,39-,40-,41+,42+,43-,44-,47+,48-,49+,50+,51-,54-,56+/m0/s1. The Morgan fingerprint density at radius 2 is 1.33 bits per heavy atom. The van der Waals surface area contributed by atoms with Crippen LogP contribution in [-0.4, -0.2) is 189 Å². The predicted octanol–water partition coefficient (Wildman–Crippen LogP) is 1.54. The van der Waals surface area contributed by atoms with E-state index in [0.29, 0.717) is 6.42 Å². The molecule has 0 aromatic rings. The summed E-state index contributed by atoms with van der Waals surface area (Å²) in [6.45, 7) is 11.7. The molecule has 0 spiro atoms. The number of ether oxygens (including phenoxy) is 5. The van der Waals surface area contributed by atoms with Crippen LogP contribution in [0.2, 0.25) is 0 Å². The van der Waals surface area contributed by atoms with Crippen LogP contribution in [0, 0.1) is 17.8 Å².